The van der Waals surface area contributed by atoms with E-state index in [0.29, 0.717) is 0 Å². The van der Waals surface area contributed by atoms with E-state index < -0.39 is 0 Å². The molecule has 0 heterocycles. The highest BCUT2D eigenvalue weighted by atomic mass is 14.5. The lowest BCUT2D eigenvalue weighted by molar-refractivity contribution is 0.812. The van der Waals surface area contributed by atoms with Gasteiger partial charge in [-0.05, 0) is 17.5 Å². The van der Waals surface area contributed by atoms with Crippen molar-refractivity contribution in [2.45, 2.75) is 25.2 Å². The zero-order valence-electron chi connectivity index (χ0n) is 10.8. The first-order chi connectivity index (χ1) is 8.88. The summed E-state index contributed by atoms with van der Waals surface area (Å²) < 4.78 is 0. The Morgan fingerprint density at radius 1 is 0.778 bits per heavy atom. The van der Waals surface area contributed by atoms with Crippen LogP contribution in [0.5, 0.6) is 0 Å². The van der Waals surface area contributed by atoms with Gasteiger partial charge in [-0.25, -0.2) is 0 Å². The molecule has 0 amide bonds. The fraction of sp³-hybridized carbons (Fsp3) is 0.222. The van der Waals surface area contributed by atoms with E-state index >= 15 is 0 Å². The van der Waals surface area contributed by atoms with Gasteiger partial charge in [-0.2, -0.15) is 0 Å². The zero-order chi connectivity index (χ0) is 12.4. The van der Waals surface area contributed by atoms with Crippen molar-refractivity contribution in [3.63, 3.8) is 0 Å². The standard InChI is InChI=1S/C18H18/c1-2-9-17-14-18(17,15-10-5-3-6-11-15)16-12-7-4-8-13-16/h3-8,10-14H,2,9H2,1H3. The molecule has 2 aromatic rings. The quantitative estimate of drug-likeness (QED) is 0.672. The molecule has 3 rings (SSSR count). The molecule has 0 heteroatoms. The normalized spacial score (nSPS) is 16.2. The summed E-state index contributed by atoms with van der Waals surface area (Å²) in [7, 11) is 0. The van der Waals surface area contributed by atoms with Crippen LogP contribution in [0, 0.1) is 0 Å². The van der Waals surface area contributed by atoms with Gasteiger partial charge in [-0.3, -0.25) is 0 Å². The first-order valence-electron chi connectivity index (χ1n) is 6.71. The Morgan fingerprint density at radius 2 is 1.28 bits per heavy atom. The largest absolute Gasteiger partial charge is 0.0651 e. The summed E-state index contributed by atoms with van der Waals surface area (Å²) in [5.74, 6) is 0. The summed E-state index contributed by atoms with van der Waals surface area (Å²) in [5, 5.41) is 0. The molecule has 0 nitrogen and oxygen atoms in total. The molecular formula is C18H18. The van der Waals surface area contributed by atoms with Gasteiger partial charge < -0.3 is 0 Å². The lowest BCUT2D eigenvalue weighted by Crippen LogP contribution is -2.13. The van der Waals surface area contributed by atoms with Gasteiger partial charge in [-0.15, -0.1) is 0 Å². The predicted octanol–water partition coefficient (Wildman–Crippen LogP) is 4.71. The Morgan fingerprint density at radius 3 is 1.72 bits per heavy atom. The first-order valence-corrected chi connectivity index (χ1v) is 6.71. The summed E-state index contributed by atoms with van der Waals surface area (Å²) in [5.41, 5.74) is 4.47. The van der Waals surface area contributed by atoms with Gasteiger partial charge in [-0.1, -0.05) is 85.7 Å². The molecule has 0 N–H and O–H groups in total. The highest BCUT2D eigenvalue weighted by molar-refractivity contribution is 5.64. The smallest absolute Gasteiger partial charge is 0.0595 e. The third-order valence-corrected chi connectivity index (χ3v) is 3.79. The summed E-state index contributed by atoms with van der Waals surface area (Å²) in [6.45, 7) is 2.25. The third kappa shape index (κ3) is 1.69. The van der Waals surface area contributed by atoms with Crippen molar-refractivity contribution in [3.05, 3.63) is 83.4 Å². The third-order valence-electron chi connectivity index (χ3n) is 3.79. The van der Waals surface area contributed by atoms with Crippen LogP contribution in [0.4, 0.5) is 0 Å². The minimum Gasteiger partial charge on any atom is -0.0651 e. The van der Waals surface area contributed by atoms with Crippen LogP contribution in [0.1, 0.15) is 30.9 Å². The van der Waals surface area contributed by atoms with Crippen molar-refractivity contribution in [1.82, 2.24) is 0 Å². The molecule has 0 radical (unpaired) electrons. The Balaban J connectivity index is 2.03. The molecule has 0 bridgehead atoms. The van der Waals surface area contributed by atoms with E-state index in [0.717, 1.165) is 0 Å². The maximum absolute atomic E-state index is 2.43. The van der Waals surface area contributed by atoms with Gasteiger partial charge in [0, 0.05) is 0 Å². The predicted molar refractivity (Wildman–Crippen MR) is 76.7 cm³/mol. The van der Waals surface area contributed by atoms with E-state index in [-0.39, 0.29) is 5.41 Å². The summed E-state index contributed by atoms with van der Waals surface area (Å²) >= 11 is 0. The highest BCUT2D eigenvalue weighted by Gasteiger charge is 2.45. The molecule has 0 saturated heterocycles. The van der Waals surface area contributed by atoms with Gasteiger partial charge >= 0.3 is 0 Å². The molecule has 0 aliphatic heterocycles. The van der Waals surface area contributed by atoms with Crippen LogP contribution in [0.15, 0.2) is 72.3 Å². The average molecular weight is 234 g/mol. The summed E-state index contributed by atoms with van der Waals surface area (Å²) in [6, 6.07) is 21.7. The second kappa shape index (κ2) is 4.45. The number of benzene rings is 2. The average Bonchev–Trinajstić information content (AvgIpc) is 3.17. The van der Waals surface area contributed by atoms with Crippen LogP contribution in [-0.2, 0) is 5.41 Å². The lowest BCUT2D eigenvalue weighted by atomic mass is 9.82. The Kier molecular flexibility index (Phi) is 2.79. The maximum atomic E-state index is 2.43. The molecule has 2 aromatic carbocycles. The van der Waals surface area contributed by atoms with Crippen molar-refractivity contribution in [2.75, 3.05) is 0 Å². The number of rotatable bonds is 4. The van der Waals surface area contributed by atoms with E-state index in [1.807, 2.05) is 0 Å². The molecule has 1 aliphatic carbocycles. The molecule has 0 atom stereocenters. The molecule has 0 unspecified atom stereocenters. The van der Waals surface area contributed by atoms with Gasteiger partial charge in [0.15, 0.2) is 0 Å². The van der Waals surface area contributed by atoms with Gasteiger partial charge in [0.2, 0.25) is 0 Å². The fourth-order valence-corrected chi connectivity index (χ4v) is 2.87. The van der Waals surface area contributed by atoms with Crippen molar-refractivity contribution < 1.29 is 0 Å². The molecule has 18 heavy (non-hydrogen) atoms. The Bertz CT molecular complexity index is 510. The lowest BCUT2D eigenvalue weighted by Gasteiger charge is -2.20. The zero-order valence-corrected chi connectivity index (χ0v) is 10.8. The van der Waals surface area contributed by atoms with Crippen LogP contribution in [0.25, 0.3) is 0 Å². The molecule has 90 valence electrons. The van der Waals surface area contributed by atoms with E-state index in [4.69, 9.17) is 0 Å². The van der Waals surface area contributed by atoms with Gasteiger partial charge in [0.25, 0.3) is 0 Å². The van der Waals surface area contributed by atoms with E-state index in [2.05, 4.69) is 73.7 Å². The van der Waals surface area contributed by atoms with E-state index in [1.54, 1.807) is 5.57 Å². The minimum absolute atomic E-state index is 0.0958. The monoisotopic (exact) mass is 234 g/mol. The topological polar surface area (TPSA) is 0 Å². The Labute approximate surface area is 109 Å². The van der Waals surface area contributed by atoms with E-state index in [1.165, 1.54) is 24.0 Å². The molecule has 1 aliphatic rings. The molecule has 0 aromatic heterocycles. The maximum Gasteiger partial charge on any atom is 0.0595 e. The molecular weight excluding hydrogens is 216 g/mol. The summed E-state index contributed by atoms with van der Waals surface area (Å²) in [4.78, 5) is 0. The van der Waals surface area contributed by atoms with Crippen LogP contribution >= 0.6 is 0 Å². The number of hydrogen-bond donors (Lipinski definition) is 0. The van der Waals surface area contributed by atoms with Crippen LogP contribution < -0.4 is 0 Å². The fourth-order valence-electron chi connectivity index (χ4n) is 2.87. The Hall–Kier alpha value is -1.82. The molecule has 0 spiro atoms. The first kappa shape index (κ1) is 11.3. The van der Waals surface area contributed by atoms with Gasteiger partial charge in [0.05, 0.1) is 5.41 Å². The molecule has 0 saturated carbocycles. The number of hydrogen-bond acceptors (Lipinski definition) is 0. The van der Waals surface area contributed by atoms with Crippen LogP contribution in [0.2, 0.25) is 0 Å². The SMILES string of the molecule is CCCC1=CC1(c1ccccc1)c1ccccc1. The van der Waals surface area contributed by atoms with Crippen LogP contribution in [0.3, 0.4) is 0 Å². The van der Waals surface area contributed by atoms with Crippen molar-refractivity contribution in [2.24, 2.45) is 0 Å². The molecule has 0 fully saturated rings. The van der Waals surface area contributed by atoms with E-state index in [9.17, 15) is 0 Å². The van der Waals surface area contributed by atoms with Crippen molar-refractivity contribution >= 4 is 0 Å². The van der Waals surface area contributed by atoms with Crippen LogP contribution in [-0.4, -0.2) is 0 Å². The second-order valence-electron chi connectivity index (χ2n) is 4.96. The van der Waals surface area contributed by atoms with Gasteiger partial charge in [0.1, 0.15) is 0 Å². The second-order valence-corrected chi connectivity index (χ2v) is 4.96. The van der Waals surface area contributed by atoms with Crippen molar-refractivity contribution in [3.8, 4) is 0 Å². The highest BCUT2D eigenvalue weighted by Crippen LogP contribution is 2.53. The van der Waals surface area contributed by atoms with Crippen molar-refractivity contribution in [1.29, 1.82) is 0 Å². The number of allylic oxidation sites excluding steroid dienone is 2. The summed E-state index contributed by atoms with van der Waals surface area (Å²) in [6.07, 6.45) is 4.85. The minimum atomic E-state index is 0.0958.